The number of aryl methyl sites for hydroxylation is 1. The van der Waals surface area contributed by atoms with E-state index < -0.39 is 17.5 Å². The molecule has 0 fully saturated rings. The molecule has 0 saturated carbocycles. The molecule has 1 aromatic carbocycles. The largest absolute Gasteiger partial charge is 0.372 e. The fourth-order valence-electron chi connectivity index (χ4n) is 3.23. The van der Waals surface area contributed by atoms with Gasteiger partial charge in [-0.3, -0.25) is 13.9 Å². The maximum absolute atomic E-state index is 13.1. The number of halogens is 1. The number of aliphatic hydroxyl groups excluding tert-OH is 1. The Bertz CT molecular complexity index is 1320. The zero-order valence-corrected chi connectivity index (χ0v) is 16.3. The molecule has 4 aromatic rings. The summed E-state index contributed by atoms with van der Waals surface area (Å²) in [6, 6.07) is 9.56. The van der Waals surface area contributed by atoms with Gasteiger partial charge in [-0.15, -0.1) is 0 Å². The topological polar surface area (TPSA) is 107 Å². The lowest BCUT2D eigenvalue weighted by atomic mass is 10.1. The number of rotatable bonds is 5. The van der Waals surface area contributed by atoms with Crippen LogP contribution in [0.1, 0.15) is 0 Å². The van der Waals surface area contributed by atoms with E-state index in [1.807, 2.05) is 0 Å². The molecule has 2 N–H and O–H groups in total. The molecule has 0 aliphatic heterocycles. The normalized spacial score (nSPS) is 12.3. The van der Waals surface area contributed by atoms with E-state index in [2.05, 4.69) is 15.3 Å². The number of pyridine rings is 1. The first kappa shape index (κ1) is 19.5. The van der Waals surface area contributed by atoms with Crippen molar-refractivity contribution in [2.24, 2.45) is 14.1 Å². The van der Waals surface area contributed by atoms with E-state index in [9.17, 15) is 19.1 Å². The summed E-state index contributed by atoms with van der Waals surface area (Å²) in [4.78, 5) is 32.9. The predicted molar refractivity (Wildman–Crippen MR) is 109 cm³/mol. The second-order valence-electron chi connectivity index (χ2n) is 6.87. The number of fused-ring (bicyclic) bond motifs is 1. The number of benzene rings is 1. The summed E-state index contributed by atoms with van der Waals surface area (Å²) in [6.07, 6.45) is 1.95. The van der Waals surface area contributed by atoms with Crippen molar-refractivity contribution in [2.75, 3.05) is 5.32 Å². The maximum atomic E-state index is 13.1. The van der Waals surface area contributed by atoms with Crippen molar-refractivity contribution in [1.82, 2.24) is 23.7 Å². The van der Waals surface area contributed by atoms with Gasteiger partial charge in [0.1, 0.15) is 17.9 Å². The Morgan fingerprint density at radius 3 is 2.40 bits per heavy atom. The number of aliphatic hydroxyl groups is 1. The highest BCUT2D eigenvalue weighted by Crippen LogP contribution is 2.20. The highest BCUT2D eigenvalue weighted by atomic mass is 19.1. The Morgan fingerprint density at radius 2 is 1.73 bits per heavy atom. The molecule has 0 amide bonds. The van der Waals surface area contributed by atoms with Crippen molar-refractivity contribution in [2.45, 2.75) is 12.8 Å². The van der Waals surface area contributed by atoms with Gasteiger partial charge in [0.05, 0.1) is 12.9 Å². The molecular weight excluding hydrogens is 391 g/mol. The lowest BCUT2D eigenvalue weighted by Crippen LogP contribution is -2.38. The van der Waals surface area contributed by atoms with Crippen LogP contribution in [0.25, 0.3) is 22.3 Å². The van der Waals surface area contributed by atoms with Crippen molar-refractivity contribution in [3.63, 3.8) is 0 Å². The first-order chi connectivity index (χ1) is 14.3. The molecule has 0 saturated heterocycles. The summed E-state index contributed by atoms with van der Waals surface area (Å²) >= 11 is 0. The first-order valence-electron chi connectivity index (χ1n) is 9.12. The number of hydrogen-bond acceptors (Lipinski definition) is 6. The van der Waals surface area contributed by atoms with Gasteiger partial charge >= 0.3 is 5.69 Å². The van der Waals surface area contributed by atoms with Gasteiger partial charge in [-0.05, 0) is 29.8 Å². The number of anilines is 1. The van der Waals surface area contributed by atoms with E-state index in [1.54, 1.807) is 30.5 Å². The van der Waals surface area contributed by atoms with E-state index in [0.717, 1.165) is 15.7 Å². The fraction of sp³-hybridized carbons (Fsp3) is 0.200. The average Bonchev–Trinajstić information content (AvgIpc) is 3.15. The molecule has 4 rings (SSSR count). The van der Waals surface area contributed by atoms with E-state index in [4.69, 9.17) is 0 Å². The molecule has 1 atom stereocenters. The van der Waals surface area contributed by atoms with Crippen molar-refractivity contribution in [1.29, 1.82) is 0 Å². The van der Waals surface area contributed by atoms with E-state index in [-0.39, 0.29) is 23.5 Å². The average molecular weight is 410 g/mol. The number of nitrogens with one attached hydrogen (secondary N) is 1. The van der Waals surface area contributed by atoms with Gasteiger partial charge in [0.15, 0.2) is 11.2 Å². The van der Waals surface area contributed by atoms with Crippen LogP contribution in [0.2, 0.25) is 0 Å². The zero-order chi connectivity index (χ0) is 21.4. The van der Waals surface area contributed by atoms with Crippen LogP contribution in [0.4, 0.5) is 10.2 Å². The summed E-state index contributed by atoms with van der Waals surface area (Å²) in [5, 5.41) is 13.3. The smallest absolute Gasteiger partial charge is 0.332 e. The fourth-order valence-corrected chi connectivity index (χ4v) is 3.23. The van der Waals surface area contributed by atoms with Gasteiger partial charge in [-0.1, -0.05) is 12.1 Å². The third-order valence-corrected chi connectivity index (χ3v) is 4.84. The summed E-state index contributed by atoms with van der Waals surface area (Å²) in [5.74, 6) is 0.119. The van der Waals surface area contributed by atoms with Gasteiger partial charge in [0, 0.05) is 25.9 Å². The van der Waals surface area contributed by atoms with Crippen molar-refractivity contribution in [3.05, 3.63) is 75.6 Å². The number of hydrogen-bond donors (Lipinski definition) is 2. The molecule has 154 valence electrons. The number of imidazole rings is 1. The van der Waals surface area contributed by atoms with E-state index >= 15 is 0 Å². The minimum Gasteiger partial charge on any atom is -0.372 e. The minimum atomic E-state index is -1.06. The number of aromatic nitrogens is 5. The van der Waals surface area contributed by atoms with Crippen LogP contribution in [0.3, 0.4) is 0 Å². The summed E-state index contributed by atoms with van der Waals surface area (Å²) in [6.45, 7) is 0.0192. The van der Waals surface area contributed by atoms with E-state index in [1.165, 1.54) is 41.7 Å². The van der Waals surface area contributed by atoms with Crippen molar-refractivity contribution < 1.29 is 9.50 Å². The summed E-state index contributed by atoms with van der Waals surface area (Å²) in [5.41, 5.74) is 1.14. The molecule has 0 bridgehead atoms. The van der Waals surface area contributed by atoms with Crippen LogP contribution in [-0.4, -0.2) is 35.0 Å². The third-order valence-electron chi connectivity index (χ3n) is 4.84. The second kappa shape index (κ2) is 7.56. The molecule has 3 aromatic heterocycles. The molecule has 0 radical (unpaired) electrons. The molecule has 9 nitrogen and oxygen atoms in total. The van der Waals surface area contributed by atoms with Crippen LogP contribution in [0, 0.1) is 5.82 Å². The Balaban J connectivity index is 1.53. The molecule has 0 spiro atoms. The second-order valence-corrected chi connectivity index (χ2v) is 6.87. The summed E-state index contributed by atoms with van der Waals surface area (Å²) < 4.78 is 16.8. The molecule has 10 heteroatoms. The first-order valence-corrected chi connectivity index (χ1v) is 9.12. The summed E-state index contributed by atoms with van der Waals surface area (Å²) in [7, 11) is 2.92. The Morgan fingerprint density at radius 1 is 1.03 bits per heavy atom. The highest BCUT2D eigenvalue weighted by Gasteiger charge is 2.16. The zero-order valence-electron chi connectivity index (χ0n) is 16.3. The minimum absolute atomic E-state index is 0.0192. The monoisotopic (exact) mass is 410 g/mol. The predicted octanol–water partition coefficient (Wildman–Crippen LogP) is 1.07. The van der Waals surface area contributed by atoms with Crippen molar-refractivity contribution in [3.8, 4) is 11.1 Å². The lowest BCUT2D eigenvalue weighted by molar-refractivity contribution is 0.183. The van der Waals surface area contributed by atoms with Crippen LogP contribution in [0.15, 0.2) is 58.5 Å². The van der Waals surface area contributed by atoms with Crippen LogP contribution in [0.5, 0.6) is 0 Å². The third kappa shape index (κ3) is 3.48. The van der Waals surface area contributed by atoms with Gasteiger partial charge in [-0.25, -0.2) is 19.2 Å². The van der Waals surface area contributed by atoms with Crippen LogP contribution >= 0.6 is 0 Å². The highest BCUT2D eigenvalue weighted by molar-refractivity contribution is 5.70. The lowest BCUT2D eigenvalue weighted by Gasteiger charge is -2.15. The number of nitrogens with zero attached hydrogens (tertiary/aromatic N) is 5. The van der Waals surface area contributed by atoms with Crippen molar-refractivity contribution >= 4 is 17.0 Å². The van der Waals surface area contributed by atoms with Gasteiger partial charge in [0.2, 0.25) is 0 Å². The Kier molecular flexibility index (Phi) is 4.92. The molecular formula is C20H19FN6O3. The van der Waals surface area contributed by atoms with Gasteiger partial charge < -0.3 is 15.0 Å². The maximum Gasteiger partial charge on any atom is 0.332 e. The molecule has 1 unspecified atom stereocenters. The SMILES string of the molecule is Cn1c(=O)c2c(ncn2CC(O)Nc2ccc(-c3ccc(F)cc3)cn2)n(C)c1=O. The Labute approximate surface area is 169 Å². The van der Waals surface area contributed by atoms with Gasteiger partial charge in [0.25, 0.3) is 5.56 Å². The molecule has 3 heterocycles. The molecule has 30 heavy (non-hydrogen) atoms. The quantitative estimate of drug-likeness (QED) is 0.477. The molecule has 0 aliphatic rings. The standard InChI is InChI=1S/C20H19FN6O3/c1-25-18-17(19(29)26(2)20(25)30)27(11-23-18)10-16(28)24-15-8-5-13(9-22-15)12-3-6-14(21)7-4-12/h3-9,11,16,28H,10H2,1-2H3,(H,22,24). The van der Waals surface area contributed by atoms with Crippen LogP contribution < -0.4 is 16.6 Å². The molecule has 0 aliphatic carbocycles. The van der Waals surface area contributed by atoms with Crippen LogP contribution in [-0.2, 0) is 20.6 Å². The van der Waals surface area contributed by atoms with Gasteiger partial charge in [-0.2, -0.15) is 0 Å². The van der Waals surface area contributed by atoms with E-state index in [0.29, 0.717) is 5.82 Å². The Hall–Kier alpha value is -3.79.